The maximum Gasteiger partial charge on any atom is 0.251 e. The number of carbonyl (C=O) groups is 1. The van der Waals surface area contributed by atoms with Crippen LogP contribution in [-0.2, 0) is 6.54 Å². The second-order valence-corrected chi connectivity index (χ2v) is 6.60. The van der Waals surface area contributed by atoms with Crippen molar-refractivity contribution in [2.24, 2.45) is 5.92 Å². The van der Waals surface area contributed by atoms with Crippen LogP contribution in [0.4, 0.5) is 5.69 Å². The number of fused-ring (bicyclic) bond motifs is 3. The van der Waals surface area contributed by atoms with Crippen LogP contribution in [0.15, 0.2) is 48.5 Å². The second kappa shape index (κ2) is 5.70. The zero-order chi connectivity index (χ0) is 15.8. The van der Waals surface area contributed by atoms with E-state index in [1.165, 1.54) is 5.56 Å². The van der Waals surface area contributed by atoms with Crippen LogP contribution in [-0.4, -0.2) is 30.4 Å². The number of hydrogen-bond acceptors (Lipinski definition) is 3. The lowest BCUT2D eigenvalue weighted by molar-refractivity contribution is 0.0951. The minimum atomic E-state index is 0.0105. The lowest BCUT2D eigenvalue weighted by Crippen LogP contribution is -2.29. The minimum Gasteiger partial charge on any atom is -0.399 e. The van der Waals surface area contributed by atoms with Crippen LogP contribution in [0.5, 0.6) is 0 Å². The van der Waals surface area contributed by atoms with Gasteiger partial charge in [0.1, 0.15) is 0 Å². The molecule has 2 atom stereocenters. The molecule has 118 valence electrons. The topological polar surface area (TPSA) is 58.4 Å². The van der Waals surface area contributed by atoms with Gasteiger partial charge in [0, 0.05) is 43.3 Å². The number of nitrogen functional groups attached to an aromatic ring is 1. The van der Waals surface area contributed by atoms with E-state index in [-0.39, 0.29) is 5.91 Å². The summed E-state index contributed by atoms with van der Waals surface area (Å²) >= 11 is 0. The molecule has 23 heavy (non-hydrogen) atoms. The van der Waals surface area contributed by atoms with Crippen molar-refractivity contribution in [2.45, 2.75) is 12.5 Å². The molecule has 2 aromatic carbocycles. The lowest BCUT2D eigenvalue weighted by Gasteiger charge is -2.17. The molecule has 2 heterocycles. The molecule has 4 heteroatoms. The molecule has 1 amide bonds. The predicted molar refractivity (Wildman–Crippen MR) is 91.1 cm³/mol. The Hall–Kier alpha value is -2.33. The van der Waals surface area contributed by atoms with Crippen molar-refractivity contribution in [1.29, 1.82) is 0 Å². The highest BCUT2D eigenvalue weighted by atomic mass is 16.1. The quantitative estimate of drug-likeness (QED) is 0.837. The van der Waals surface area contributed by atoms with Crippen molar-refractivity contribution in [3.63, 3.8) is 0 Å². The number of benzene rings is 2. The number of nitrogens with zero attached hydrogens (tertiary/aromatic N) is 1. The van der Waals surface area contributed by atoms with E-state index < -0.39 is 0 Å². The molecule has 2 aromatic rings. The number of hydrogen-bond donors (Lipinski definition) is 2. The van der Waals surface area contributed by atoms with Gasteiger partial charge in [-0.3, -0.25) is 9.69 Å². The first-order valence-corrected chi connectivity index (χ1v) is 8.14. The summed E-state index contributed by atoms with van der Waals surface area (Å²) in [6.45, 7) is 3.71. The zero-order valence-electron chi connectivity index (χ0n) is 13.0. The van der Waals surface area contributed by atoms with E-state index >= 15 is 0 Å². The highest BCUT2D eigenvalue weighted by molar-refractivity contribution is 5.97. The van der Waals surface area contributed by atoms with Crippen LogP contribution in [0.25, 0.3) is 0 Å². The molecule has 2 aliphatic rings. The predicted octanol–water partition coefficient (Wildman–Crippen LogP) is 2.23. The highest BCUT2D eigenvalue weighted by Gasteiger charge is 2.37. The summed E-state index contributed by atoms with van der Waals surface area (Å²) in [4.78, 5) is 14.8. The molecule has 0 saturated carbocycles. The number of nitrogens with one attached hydrogen (secondary N) is 1. The molecule has 1 saturated heterocycles. The molecule has 0 radical (unpaired) electrons. The average molecular weight is 307 g/mol. The third-order valence-corrected chi connectivity index (χ3v) is 5.01. The first kappa shape index (κ1) is 14.3. The molecular weight excluding hydrogens is 286 g/mol. The van der Waals surface area contributed by atoms with E-state index in [4.69, 9.17) is 5.73 Å². The molecule has 1 fully saturated rings. The fourth-order valence-electron chi connectivity index (χ4n) is 3.90. The molecule has 0 spiro atoms. The van der Waals surface area contributed by atoms with Crippen LogP contribution >= 0.6 is 0 Å². The Balaban J connectivity index is 1.60. The maximum atomic E-state index is 12.3. The molecule has 4 nitrogen and oxygen atoms in total. The number of anilines is 1. The summed E-state index contributed by atoms with van der Waals surface area (Å²) in [5.41, 5.74) is 9.76. The SMILES string of the molecule is Nc1ccc2c(c1)C(=O)NC[C@H]1CN(Cc3ccccc3)C[C@H]21. The molecule has 2 aliphatic heterocycles. The number of amides is 1. The lowest BCUT2D eigenvalue weighted by atomic mass is 9.87. The van der Waals surface area contributed by atoms with Gasteiger partial charge < -0.3 is 11.1 Å². The van der Waals surface area contributed by atoms with E-state index in [0.717, 1.165) is 37.3 Å². The van der Waals surface area contributed by atoms with Gasteiger partial charge in [0.05, 0.1) is 0 Å². The van der Waals surface area contributed by atoms with Crippen LogP contribution in [0.2, 0.25) is 0 Å². The van der Waals surface area contributed by atoms with Crippen LogP contribution in [0.3, 0.4) is 0 Å². The first-order valence-electron chi connectivity index (χ1n) is 8.14. The standard InChI is InChI=1S/C19H21N3O/c20-15-6-7-16-17(8-15)19(23)21-9-14-11-22(12-18(14)16)10-13-4-2-1-3-5-13/h1-8,14,18H,9-12,20H2,(H,21,23)/t14-,18-/m0/s1. The van der Waals surface area contributed by atoms with E-state index in [1.807, 2.05) is 24.3 Å². The van der Waals surface area contributed by atoms with Crippen molar-refractivity contribution < 1.29 is 4.79 Å². The number of likely N-dealkylation sites (tertiary alicyclic amines) is 1. The summed E-state index contributed by atoms with van der Waals surface area (Å²) in [6, 6.07) is 16.3. The molecule has 0 aromatic heterocycles. The average Bonchev–Trinajstić information content (AvgIpc) is 2.91. The molecule has 0 aliphatic carbocycles. The zero-order valence-corrected chi connectivity index (χ0v) is 13.0. The van der Waals surface area contributed by atoms with Crippen molar-refractivity contribution in [2.75, 3.05) is 25.4 Å². The summed E-state index contributed by atoms with van der Waals surface area (Å²) in [6.07, 6.45) is 0. The molecular formula is C19H21N3O. The highest BCUT2D eigenvalue weighted by Crippen LogP contribution is 2.37. The Morgan fingerprint density at radius 3 is 2.78 bits per heavy atom. The summed E-state index contributed by atoms with van der Waals surface area (Å²) < 4.78 is 0. The molecule has 3 N–H and O–H groups in total. The summed E-state index contributed by atoms with van der Waals surface area (Å²) in [5, 5.41) is 3.06. The van der Waals surface area contributed by atoms with E-state index in [0.29, 0.717) is 17.5 Å². The molecule has 0 unspecified atom stereocenters. The second-order valence-electron chi connectivity index (χ2n) is 6.60. The fourth-order valence-corrected chi connectivity index (χ4v) is 3.90. The van der Waals surface area contributed by atoms with Crippen LogP contribution < -0.4 is 11.1 Å². The Bertz CT molecular complexity index is 729. The normalized spacial score (nSPS) is 23.7. The third-order valence-electron chi connectivity index (χ3n) is 5.01. The number of carbonyl (C=O) groups excluding carboxylic acids is 1. The van der Waals surface area contributed by atoms with Crippen LogP contribution in [0.1, 0.15) is 27.4 Å². The number of rotatable bonds is 2. The maximum absolute atomic E-state index is 12.3. The van der Waals surface area contributed by atoms with Crippen molar-refractivity contribution in [3.8, 4) is 0 Å². The fraction of sp³-hybridized carbons (Fsp3) is 0.316. The smallest absolute Gasteiger partial charge is 0.251 e. The Kier molecular flexibility index (Phi) is 3.54. The van der Waals surface area contributed by atoms with Gasteiger partial charge in [-0.05, 0) is 29.2 Å². The van der Waals surface area contributed by atoms with Crippen molar-refractivity contribution in [1.82, 2.24) is 10.2 Å². The number of nitrogens with two attached hydrogens (primary N) is 1. The van der Waals surface area contributed by atoms with Gasteiger partial charge in [-0.15, -0.1) is 0 Å². The summed E-state index contributed by atoms with van der Waals surface area (Å²) in [5.74, 6) is 0.872. The third kappa shape index (κ3) is 2.70. The van der Waals surface area contributed by atoms with Gasteiger partial charge >= 0.3 is 0 Å². The minimum absolute atomic E-state index is 0.0105. The Labute approximate surface area is 136 Å². The van der Waals surface area contributed by atoms with Crippen molar-refractivity contribution in [3.05, 3.63) is 65.2 Å². The monoisotopic (exact) mass is 307 g/mol. The largest absolute Gasteiger partial charge is 0.399 e. The van der Waals surface area contributed by atoms with E-state index in [1.54, 1.807) is 0 Å². The van der Waals surface area contributed by atoms with Crippen molar-refractivity contribution >= 4 is 11.6 Å². The van der Waals surface area contributed by atoms with Crippen LogP contribution in [0, 0.1) is 5.92 Å². The molecule has 0 bridgehead atoms. The Morgan fingerprint density at radius 2 is 1.96 bits per heavy atom. The van der Waals surface area contributed by atoms with Gasteiger partial charge in [-0.2, -0.15) is 0 Å². The van der Waals surface area contributed by atoms with E-state index in [9.17, 15) is 4.79 Å². The van der Waals surface area contributed by atoms with E-state index in [2.05, 4.69) is 34.5 Å². The van der Waals surface area contributed by atoms with Gasteiger partial charge in [0.2, 0.25) is 0 Å². The van der Waals surface area contributed by atoms with Gasteiger partial charge in [-0.1, -0.05) is 36.4 Å². The van der Waals surface area contributed by atoms with Gasteiger partial charge in [0.25, 0.3) is 5.91 Å². The van der Waals surface area contributed by atoms with Gasteiger partial charge in [-0.25, -0.2) is 0 Å². The summed E-state index contributed by atoms with van der Waals surface area (Å²) in [7, 11) is 0. The van der Waals surface area contributed by atoms with Gasteiger partial charge in [0.15, 0.2) is 0 Å². The first-order chi connectivity index (χ1) is 11.2. The Morgan fingerprint density at radius 1 is 1.13 bits per heavy atom. The molecule has 4 rings (SSSR count).